The second-order valence-corrected chi connectivity index (χ2v) is 7.63. The van der Waals surface area contributed by atoms with Crippen LogP contribution in [-0.2, 0) is 4.79 Å². The zero-order valence-electron chi connectivity index (χ0n) is 15.7. The molecule has 146 valence electrons. The fraction of sp³-hybridized carbons (Fsp3) is 0.286. The van der Waals surface area contributed by atoms with E-state index in [1.165, 1.54) is 6.92 Å². The maximum Gasteiger partial charge on any atom is 0.253 e. The first-order valence-electron chi connectivity index (χ1n) is 9.16. The average molecular weight is 444 g/mol. The largest absolute Gasteiger partial charge is 0.337 e. The first-order valence-corrected chi connectivity index (χ1v) is 9.95. The van der Waals surface area contributed by atoms with Crippen LogP contribution in [0.3, 0.4) is 0 Å². The molecule has 2 aromatic rings. The van der Waals surface area contributed by atoms with Crippen LogP contribution in [0, 0.1) is 0 Å². The Bertz CT molecular complexity index is 900. The Morgan fingerprint density at radius 1 is 0.857 bits per heavy atom. The van der Waals surface area contributed by atoms with E-state index in [4.69, 9.17) is 0 Å². The molecule has 1 aliphatic heterocycles. The van der Waals surface area contributed by atoms with Gasteiger partial charge in [0.25, 0.3) is 11.8 Å². The lowest BCUT2D eigenvalue weighted by Gasteiger charge is -2.22. The smallest absolute Gasteiger partial charge is 0.253 e. The fourth-order valence-corrected chi connectivity index (χ4v) is 3.64. The number of nitrogens with one attached hydrogen (secondary N) is 1. The summed E-state index contributed by atoms with van der Waals surface area (Å²) in [7, 11) is 0. The Balaban J connectivity index is 1.67. The number of halogens is 1. The summed E-state index contributed by atoms with van der Waals surface area (Å²) in [5, 5.41) is 2.69. The molecule has 2 aromatic carbocycles. The van der Waals surface area contributed by atoms with E-state index < -0.39 is 0 Å². The van der Waals surface area contributed by atoms with Gasteiger partial charge in [0.1, 0.15) is 0 Å². The molecule has 1 N–H and O–H groups in total. The van der Waals surface area contributed by atoms with E-state index in [0.29, 0.717) is 43.0 Å². The van der Waals surface area contributed by atoms with Gasteiger partial charge in [0.15, 0.2) is 0 Å². The summed E-state index contributed by atoms with van der Waals surface area (Å²) in [6.45, 7) is 3.60. The van der Waals surface area contributed by atoms with E-state index in [1.807, 2.05) is 18.2 Å². The summed E-state index contributed by atoms with van der Waals surface area (Å²) >= 11 is 3.40. The number of benzene rings is 2. The molecule has 1 heterocycles. The molecule has 0 saturated carbocycles. The van der Waals surface area contributed by atoms with E-state index in [1.54, 1.807) is 40.1 Å². The quantitative estimate of drug-likeness (QED) is 0.789. The molecule has 0 spiro atoms. The van der Waals surface area contributed by atoms with Crippen LogP contribution in [0.25, 0.3) is 0 Å². The van der Waals surface area contributed by atoms with E-state index in [0.717, 1.165) is 10.9 Å². The Morgan fingerprint density at radius 2 is 1.43 bits per heavy atom. The molecule has 3 amide bonds. The lowest BCUT2D eigenvalue weighted by atomic mass is 10.1. The van der Waals surface area contributed by atoms with E-state index in [-0.39, 0.29) is 17.7 Å². The number of nitrogens with zero attached hydrogens (tertiary/aromatic N) is 2. The van der Waals surface area contributed by atoms with Crippen LogP contribution in [0.1, 0.15) is 34.1 Å². The molecule has 1 fully saturated rings. The van der Waals surface area contributed by atoms with Crippen molar-refractivity contribution in [1.29, 1.82) is 0 Å². The number of hydrogen-bond donors (Lipinski definition) is 1. The molecule has 0 bridgehead atoms. The van der Waals surface area contributed by atoms with Gasteiger partial charge in [-0.15, -0.1) is 0 Å². The lowest BCUT2D eigenvalue weighted by molar-refractivity contribution is -0.114. The van der Waals surface area contributed by atoms with Crippen molar-refractivity contribution in [3.8, 4) is 0 Å². The number of anilines is 1. The average Bonchev–Trinajstić information content (AvgIpc) is 2.93. The van der Waals surface area contributed by atoms with Gasteiger partial charge in [-0.2, -0.15) is 0 Å². The second-order valence-electron chi connectivity index (χ2n) is 6.71. The maximum absolute atomic E-state index is 12.9. The fourth-order valence-electron chi connectivity index (χ4n) is 3.24. The maximum atomic E-state index is 12.9. The van der Waals surface area contributed by atoms with Gasteiger partial charge in [-0.05, 0) is 42.8 Å². The monoisotopic (exact) mass is 443 g/mol. The molecule has 0 radical (unpaired) electrons. The summed E-state index contributed by atoms with van der Waals surface area (Å²) in [6, 6.07) is 14.3. The summed E-state index contributed by atoms with van der Waals surface area (Å²) in [6.07, 6.45) is 0.719. The minimum absolute atomic E-state index is 0.0248. The van der Waals surface area contributed by atoms with Gasteiger partial charge in [0.2, 0.25) is 5.91 Å². The number of amides is 3. The third-order valence-electron chi connectivity index (χ3n) is 4.57. The van der Waals surface area contributed by atoms with Crippen LogP contribution >= 0.6 is 15.9 Å². The van der Waals surface area contributed by atoms with Crippen LogP contribution in [0.4, 0.5) is 5.69 Å². The van der Waals surface area contributed by atoms with Gasteiger partial charge >= 0.3 is 0 Å². The SMILES string of the molecule is CC(=O)Nc1cccc(C(=O)N2CCCN(C(=O)c3cccc(Br)c3)CC2)c1. The van der Waals surface area contributed by atoms with E-state index in [9.17, 15) is 14.4 Å². The Labute approximate surface area is 172 Å². The summed E-state index contributed by atoms with van der Waals surface area (Å²) in [5.41, 5.74) is 1.76. The van der Waals surface area contributed by atoms with Crippen molar-refractivity contribution >= 4 is 39.3 Å². The second kappa shape index (κ2) is 9.01. The van der Waals surface area contributed by atoms with Crippen LogP contribution in [0.15, 0.2) is 53.0 Å². The van der Waals surface area contributed by atoms with Crippen molar-refractivity contribution in [2.45, 2.75) is 13.3 Å². The molecule has 1 saturated heterocycles. The van der Waals surface area contributed by atoms with Gasteiger partial charge in [-0.25, -0.2) is 0 Å². The molecule has 3 rings (SSSR count). The van der Waals surface area contributed by atoms with Crippen LogP contribution in [0.5, 0.6) is 0 Å². The lowest BCUT2D eigenvalue weighted by Crippen LogP contribution is -2.37. The molecule has 28 heavy (non-hydrogen) atoms. The molecule has 0 aromatic heterocycles. The van der Waals surface area contributed by atoms with Crippen molar-refractivity contribution < 1.29 is 14.4 Å². The van der Waals surface area contributed by atoms with Gasteiger partial charge in [0, 0.05) is 54.4 Å². The molecular formula is C21H22BrN3O3. The highest BCUT2D eigenvalue weighted by atomic mass is 79.9. The summed E-state index contributed by atoms with van der Waals surface area (Å²) in [5.74, 6) is -0.298. The molecule has 6 nitrogen and oxygen atoms in total. The standard InChI is InChI=1S/C21H22BrN3O3/c1-15(26)23-19-8-3-6-17(14-19)21(28)25-10-4-9-24(11-12-25)20(27)16-5-2-7-18(22)13-16/h2-3,5-8,13-14H,4,9-12H2,1H3,(H,23,26). The molecule has 0 unspecified atom stereocenters. The Hall–Kier alpha value is -2.67. The van der Waals surface area contributed by atoms with Crippen molar-refractivity contribution in [3.05, 3.63) is 64.1 Å². The van der Waals surface area contributed by atoms with Crippen LogP contribution in [-0.4, -0.2) is 53.7 Å². The highest BCUT2D eigenvalue weighted by Gasteiger charge is 2.23. The normalized spacial score (nSPS) is 14.4. The van der Waals surface area contributed by atoms with Crippen LogP contribution in [0.2, 0.25) is 0 Å². The molecule has 0 atom stereocenters. The number of hydrogen-bond acceptors (Lipinski definition) is 3. The van der Waals surface area contributed by atoms with E-state index in [2.05, 4.69) is 21.2 Å². The minimum atomic E-state index is -0.180. The first-order chi connectivity index (χ1) is 13.4. The Kier molecular flexibility index (Phi) is 6.46. The number of carbonyl (C=O) groups is 3. The van der Waals surface area contributed by atoms with Gasteiger partial charge in [-0.1, -0.05) is 28.1 Å². The van der Waals surface area contributed by atoms with Gasteiger partial charge in [0.05, 0.1) is 0 Å². The molecular weight excluding hydrogens is 422 g/mol. The topological polar surface area (TPSA) is 69.7 Å². The van der Waals surface area contributed by atoms with Crippen molar-refractivity contribution in [2.24, 2.45) is 0 Å². The third-order valence-corrected chi connectivity index (χ3v) is 5.07. The van der Waals surface area contributed by atoms with Crippen molar-refractivity contribution in [1.82, 2.24) is 9.80 Å². The predicted octanol–water partition coefficient (Wildman–Crippen LogP) is 3.40. The van der Waals surface area contributed by atoms with Gasteiger partial charge < -0.3 is 15.1 Å². The number of rotatable bonds is 3. The zero-order chi connectivity index (χ0) is 20.1. The number of carbonyl (C=O) groups excluding carboxylic acids is 3. The molecule has 7 heteroatoms. The van der Waals surface area contributed by atoms with Crippen molar-refractivity contribution in [3.63, 3.8) is 0 Å². The molecule has 1 aliphatic rings. The van der Waals surface area contributed by atoms with E-state index >= 15 is 0 Å². The third kappa shape index (κ3) is 4.98. The predicted molar refractivity (Wildman–Crippen MR) is 111 cm³/mol. The van der Waals surface area contributed by atoms with Gasteiger partial charge in [-0.3, -0.25) is 14.4 Å². The summed E-state index contributed by atoms with van der Waals surface area (Å²) in [4.78, 5) is 40.4. The summed E-state index contributed by atoms with van der Waals surface area (Å²) < 4.78 is 0.865. The Morgan fingerprint density at radius 3 is 2.00 bits per heavy atom. The minimum Gasteiger partial charge on any atom is -0.337 e. The van der Waals surface area contributed by atoms with Crippen LogP contribution < -0.4 is 5.32 Å². The van der Waals surface area contributed by atoms with Crippen molar-refractivity contribution in [2.75, 3.05) is 31.5 Å². The first kappa shape index (κ1) is 20.1. The zero-order valence-corrected chi connectivity index (χ0v) is 17.2. The molecule has 0 aliphatic carbocycles. The highest BCUT2D eigenvalue weighted by molar-refractivity contribution is 9.10. The highest BCUT2D eigenvalue weighted by Crippen LogP contribution is 2.17.